The van der Waals surface area contributed by atoms with E-state index in [9.17, 15) is 13.2 Å². The van der Waals surface area contributed by atoms with Gasteiger partial charge in [-0.3, -0.25) is 0 Å². The van der Waals surface area contributed by atoms with E-state index >= 15 is 0 Å². The number of aryl methyl sites for hydroxylation is 2. The molecule has 1 atom stereocenters. The highest BCUT2D eigenvalue weighted by Crippen LogP contribution is 2.34. The van der Waals surface area contributed by atoms with E-state index in [1.807, 2.05) is 44.9 Å². The summed E-state index contributed by atoms with van der Waals surface area (Å²) in [5, 5.41) is 0. The number of benzene rings is 2. The molecule has 7 heteroatoms. The van der Waals surface area contributed by atoms with Crippen molar-refractivity contribution < 1.29 is 17.9 Å². The van der Waals surface area contributed by atoms with Crippen LogP contribution in [-0.4, -0.2) is 36.8 Å². The van der Waals surface area contributed by atoms with Crippen LogP contribution in [0.25, 0.3) is 0 Å². The molecule has 0 aromatic heterocycles. The molecule has 1 unspecified atom stereocenters. The first-order chi connectivity index (χ1) is 12.8. The maximum atomic E-state index is 13.2. The minimum absolute atomic E-state index is 0.387. The normalized spacial score (nSPS) is 12.6. The van der Waals surface area contributed by atoms with Crippen LogP contribution in [0.2, 0.25) is 0 Å². The van der Waals surface area contributed by atoms with E-state index in [0.29, 0.717) is 28.2 Å². The lowest BCUT2D eigenvalue weighted by Crippen LogP contribution is -2.14. The summed E-state index contributed by atoms with van der Waals surface area (Å²) in [6.45, 7) is 6.75. The van der Waals surface area contributed by atoms with Gasteiger partial charge in [-0.2, -0.15) is 0 Å². The van der Waals surface area contributed by atoms with Crippen molar-refractivity contribution in [1.29, 1.82) is 0 Å². The zero-order chi connectivity index (χ0) is 20.0. The van der Waals surface area contributed by atoms with Gasteiger partial charge < -0.3 is 9.64 Å². The van der Waals surface area contributed by atoms with Crippen molar-refractivity contribution in [3.63, 3.8) is 0 Å². The molecule has 0 amide bonds. The fraction of sp³-hybridized carbons (Fsp3) is 0.350. The smallest absolute Gasteiger partial charge is 0.278 e. The third kappa shape index (κ3) is 6.20. The fourth-order valence-corrected chi connectivity index (χ4v) is 2.89. The first kappa shape index (κ1) is 21.2. The number of alkyl halides is 3. The molecule has 3 nitrogen and oxygen atoms in total. The second kappa shape index (κ2) is 9.69. The van der Waals surface area contributed by atoms with Crippen LogP contribution in [0.5, 0.6) is 11.5 Å². The van der Waals surface area contributed by atoms with Gasteiger partial charge in [0.05, 0.1) is 12.0 Å². The molecule has 0 fully saturated rings. The Kier molecular flexibility index (Phi) is 7.59. The predicted octanol–water partition coefficient (Wildman–Crippen LogP) is 6.36. The first-order valence-corrected chi connectivity index (χ1v) is 9.40. The minimum Gasteiger partial charge on any atom is -0.457 e. The number of ether oxygens (including phenoxy) is 1. The average Bonchev–Trinajstić information content (AvgIpc) is 2.63. The molecular weight excluding hydrogens is 373 g/mol. The number of aliphatic imine (C=N–C) groups is 1. The number of thioether (sulfide) groups is 1. The molecule has 0 bridgehead atoms. The molecule has 2 aromatic carbocycles. The van der Waals surface area contributed by atoms with Crippen LogP contribution in [0.1, 0.15) is 18.1 Å². The van der Waals surface area contributed by atoms with Crippen LogP contribution < -0.4 is 4.74 Å². The van der Waals surface area contributed by atoms with Crippen LogP contribution >= 0.6 is 11.8 Å². The summed E-state index contributed by atoms with van der Waals surface area (Å²) in [5.41, 5.74) is 0.425. The van der Waals surface area contributed by atoms with E-state index in [1.165, 1.54) is 0 Å². The SMILES string of the molecule is CCN(C)C=Nc1cc(C)c(Oc2cccc(SC(F)C(F)F)c2)cc1C. The summed E-state index contributed by atoms with van der Waals surface area (Å²) >= 11 is 0.477. The van der Waals surface area contributed by atoms with E-state index in [1.54, 1.807) is 30.6 Å². The maximum Gasteiger partial charge on any atom is 0.278 e. The molecule has 0 N–H and O–H groups in total. The Balaban J connectivity index is 2.18. The van der Waals surface area contributed by atoms with E-state index in [-0.39, 0.29) is 0 Å². The Labute approximate surface area is 162 Å². The highest BCUT2D eigenvalue weighted by atomic mass is 32.2. The monoisotopic (exact) mass is 396 g/mol. The summed E-state index contributed by atoms with van der Waals surface area (Å²) in [5.74, 6) is 1.11. The Morgan fingerprint density at radius 3 is 2.56 bits per heavy atom. The zero-order valence-electron chi connectivity index (χ0n) is 15.7. The van der Waals surface area contributed by atoms with E-state index < -0.39 is 11.9 Å². The van der Waals surface area contributed by atoms with E-state index in [0.717, 1.165) is 23.4 Å². The zero-order valence-corrected chi connectivity index (χ0v) is 16.6. The quantitative estimate of drug-likeness (QED) is 0.295. The number of rotatable bonds is 8. The second-order valence-corrected chi connectivity index (χ2v) is 7.26. The molecule has 0 heterocycles. The van der Waals surface area contributed by atoms with Crippen molar-refractivity contribution in [2.45, 2.75) is 37.6 Å². The molecule has 0 aliphatic rings. The Bertz CT molecular complexity index is 799. The molecule has 0 spiro atoms. The molecule has 146 valence electrons. The van der Waals surface area contributed by atoms with Gasteiger partial charge in [-0.15, -0.1) is 0 Å². The van der Waals surface area contributed by atoms with Gasteiger partial charge in [-0.1, -0.05) is 17.8 Å². The van der Waals surface area contributed by atoms with E-state index in [2.05, 4.69) is 4.99 Å². The molecule has 0 saturated carbocycles. The Morgan fingerprint density at radius 2 is 1.89 bits per heavy atom. The predicted molar refractivity (Wildman–Crippen MR) is 106 cm³/mol. The lowest BCUT2D eigenvalue weighted by molar-refractivity contribution is 0.0953. The summed E-state index contributed by atoms with van der Waals surface area (Å²) < 4.78 is 43.9. The standard InChI is InChI=1S/C20H23F3N2OS/c1-5-25(4)12-24-17-9-14(3)18(10-13(17)2)26-15-7-6-8-16(11-15)27-20(23)19(21)22/h6-12,19-20H,5H2,1-4H3. The molecule has 2 rings (SSSR count). The second-order valence-electron chi connectivity index (χ2n) is 6.10. The lowest BCUT2D eigenvalue weighted by Gasteiger charge is -2.13. The Morgan fingerprint density at radius 1 is 1.15 bits per heavy atom. The highest BCUT2D eigenvalue weighted by Gasteiger charge is 2.20. The van der Waals surface area contributed by atoms with Crippen LogP contribution in [0.4, 0.5) is 18.9 Å². The van der Waals surface area contributed by atoms with Gasteiger partial charge in [0.25, 0.3) is 6.43 Å². The number of hydrogen-bond acceptors (Lipinski definition) is 3. The molecule has 0 aliphatic heterocycles. The van der Waals surface area contributed by atoms with Crippen molar-refractivity contribution in [2.24, 2.45) is 4.99 Å². The summed E-state index contributed by atoms with van der Waals surface area (Å²) in [7, 11) is 1.95. The van der Waals surface area contributed by atoms with Crippen molar-refractivity contribution in [2.75, 3.05) is 13.6 Å². The van der Waals surface area contributed by atoms with Gasteiger partial charge in [0.15, 0.2) is 0 Å². The molecule has 27 heavy (non-hydrogen) atoms. The minimum atomic E-state index is -3.02. The summed E-state index contributed by atoms with van der Waals surface area (Å²) in [6, 6.07) is 10.3. The molecule has 0 radical (unpaired) electrons. The van der Waals surface area contributed by atoms with Gasteiger partial charge >= 0.3 is 0 Å². The van der Waals surface area contributed by atoms with Crippen LogP contribution in [0.3, 0.4) is 0 Å². The third-order valence-corrected chi connectivity index (χ3v) is 4.82. The molecule has 0 aliphatic carbocycles. The van der Waals surface area contributed by atoms with Crippen LogP contribution in [0, 0.1) is 13.8 Å². The topological polar surface area (TPSA) is 24.8 Å². The average molecular weight is 396 g/mol. The van der Waals surface area contributed by atoms with Crippen molar-refractivity contribution >= 4 is 23.8 Å². The van der Waals surface area contributed by atoms with Crippen molar-refractivity contribution in [3.05, 3.63) is 47.5 Å². The molecule has 2 aromatic rings. The summed E-state index contributed by atoms with van der Waals surface area (Å²) in [4.78, 5) is 6.84. The lowest BCUT2D eigenvalue weighted by atomic mass is 10.1. The molecule has 0 saturated heterocycles. The molecular formula is C20H23F3N2OS. The van der Waals surface area contributed by atoms with Crippen molar-refractivity contribution in [1.82, 2.24) is 4.90 Å². The third-order valence-electron chi connectivity index (χ3n) is 3.87. The fourth-order valence-electron chi connectivity index (χ4n) is 2.19. The van der Waals surface area contributed by atoms with Crippen LogP contribution in [-0.2, 0) is 0 Å². The first-order valence-electron chi connectivity index (χ1n) is 8.52. The largest absolute Gasteiger partial charge is 0.457 e. The van der Waals surface area contributed by atoms with Gasteiger partial charge in [-0.05, 0) is 62.2 Å². The highest BCUT2D eigenvalue weighted by molar-refractivity contribution is 7.99. The summed E-state index contributed by atoms with van der Waals surface area (Å²) in [6.07, 6.45) is -1.25. The van der Waals surface area contributed by atoms with Gasteiger partial charge in [0.2, 0.25) is 5.50 Å². The maximum absolute atomic E-state index is 13.2. The van der Waals surface area contributed by atoms with Crippen molar-refractivity contribution in [3.8, 4) is 11.5 Å². The number of hydrogen-bond donors (Lipinski definition) is 0. The Hall–Kier alpha value is -2.15. The number of halogens is 3. The van der Waals surface area contributed by atoms with Gasteiger partial charge in [0, 0.05) is 18.5 Å². The van der Waals surface area contributed by atoms with Gasteiger partial charge in [-0.25, -0.2) is 18.2 Å². The van der Waals surface area contributed by atoms with E-state index in [4.69, 9.17) is 4.74 Å². The van der Waals surface area contributed by atoms with Crippen LogP contribution in [0.15, 0.2) is 46.3 Å². The van der Waals surface area contributed by atoms with Gasteiger partial charge in [0.1, 0.15) is 11.5 Å². The number of nitrogens with zero attached hydrogens (tertiary/aromatic N) is 2.